The van der Waals surface area contributed by atoms with Crippen molar-refractivity contribution in [1.29, 1.82) is 0 Å². The second-order valence-corrected chi connectivity index (χ2v) is 5.49. The van der Waals surface area contributed by atoms with Gasteiger partial charge in [0.05, 0.1) is 13.0 Å². The summed E-state index contributed by atoms with van der Waals surface area (Å²) in [5.74, 6) is -0.954. The Morgan fingerprint density at radius 1 is 1.40 bits per heavy atom. The van der Waals surface area contributed by atoms with Gasteiger partial charge >= 0.3 is 0 Å². The number of carbonyl (C=O) groups is 2. The van der Waals surface area contributed by atoms with Gasteiger partial charge in [0, 0.05) is 11.6 Å². The van der Waals surface area contributed by atoms with Gasteiger partial charge in [-0.3, -0.25) is 9.59 Å². The number of likely N-dealkylation sites (tertiary alicyclic amines) is 1. The summed E-state index contributed by atoms with van der Waals surface area (Å²) >= 11 is 6.02. The minimum absolute atomic E-state index is 0.0500. The van der Waals surface area contributed by atoms with E-state index in [1.54, 1.807) is 18.2 Å². The number of β-amino-alcohol motifs (C(OH)–C–C–N with tert-alkyl or cyclic N) is 1. The van der Waals surface area contributed by atoms with Gasteiger partial charge < -0.3 is 15.7 Å². The molecule has 1 aliphatic heterocycles. The average molecular weight is 297 g/mol. The zero-order valence-electron chi connectivity index (χ0n) is 11.0. The van der Waals surface area contributed by atoms with E-state index in [1.807, 2.05) is 6.07 Å². The van der Waals surface area contributed by atoms with Crippen LogP contribution >= 0.6 is 11.6 Å². The molecule has 2 rings (SSSR count). The van der Waals surface area contributed by atoms with Crippen molar-refractivity contribution in [2.24, 2.45) is 5.73 Å². The number of hydrogen-bond donors (Lipinski definition) is 2. The fourth-order valence-corrected chi connectivity index (χ4v) is 2.57. The number of amides is 2. The lowest BCUT2D eigenvalue weighted by Gasteiger charge is -2.37. The Bertz CT molecular complexity index is 535. The van der Waals surface area contributed by atoms with E-state index in [0.29, 0.717) is 18.0 Å². The molecule has 0 radical (unpaired) electrons. The molecule has 1 aromatic rings. The molecular formula is C14H17ClN2O3. The van der Waals surface area contributed by atoms with Crippen molar-refractivity contribution in [3.05, 3.63) is 34.9 Å². The molecule has 0 spiro atoms. The van der Waals surface area contributed by atoms with Crippen LogP contribution in [0.25, 0.3) is 0 Å². The van der Waals surface area contributed by atoms with Crippen molar-refractivity contribution < 1.29 is 14.7 Å². The minimum Gasteiger partial charge on any atom is -0.378 e. The van der Waals surface area contributed by atoms with Gasteiger partial charge in [-0.05, 0) is 24.5 Å². The summed E-state index contributed by atoms with van der Waals surface area (Å²) in [6, 6.07) is 7.11. The number of nitrogens with zero attached hydrogens (tertiary/aromatic N) is 1. The van der Waals surface area contributed by atoms with Gasteiger partial charge in [-0.15, -0.1) is 0 Å². The number of piperidine rings is 1. The Balaban J connectivity index is 2.06. The molecule has 1 aromatic carbocycles. The SMILES string of the molecule is NC(=O)C1(O)CCCN(C(=O)Cc2ccccc2Cl)C1. The van der Waals surface area contributed by atoms with Gasteiger partial charge in [0.1, 0.15) is 0 Å². The maximum atomic E-state index is 12.2. The highest BCUT2D eigenvalue weighted by Gasteiger charge is 2.40. The van der Waals surface area contributed by atoms with Crippen LogP contribution in [0.1, 0.15) is 18.4 Å². The third kappa shape index (κ3) is 3.11. The van der Waals surface area contributed by atoms with Crippen molar-refractivity contribution in [2.75, 3.05) is 13.1 Å². The predicted molar refractivity (Wildman–Crippen MR) is 75.1 cm³/mol. The van der Waals surface area contributed by atoms with Gasteiger partial charge in [-0.2, -0.15) is 0 Å². The van der Waals surface area contributed by atoms with Crippen LogP contribution in [-0.2, 0) is 16.0 Å². The van der Waals surface area contributed by atoms with Crippen LogP contribution in [0.4, 0.5) is 0 Å². The lowest BCUT2D eigenvalue weighted by atomic mass is 9.92. The third-order valence-corrected chi connectivity index (χ3v) is 3.95. The number of aliphatic hydroxyl groups is 1. The van der Waals surface area contributed by atoms with E-state index in [9.17, 15) is 14.7 Å². The van der Waals surface area contributed by atoms with Crippen molar-refractivity contribution in [3.8, 4) is 0 Å². The Morgan fingerprint density at radius 3 is 2.75 bits per heavy atom. The predicted octanol–water partition coefficient (Wildman–Crippen LogP) is 0.721. The average Bonchev–Trinajstić information content (AvgIpc) is 2.41. The molecule has 20 heavy (non-hydrogen) atoms. The van der Waals surface area contributed by atoms with Crippen LogP contribution in [0, 0.1) is 0 Å². The summed E-state index contributed by atoms with van der Waals surface area (Å²) in [5, 5.41) is 10.6. The molecule has 0 saturated carbocycles. The molecule has 1 heterocycles. The lowest BCUT2D eigenvalue weighted by Crippen LogP contribution is -2.57. The van der Waals surface area contributed by atoms with Crippen molar-refractivity contribution >= 4 is 23.4 Å². The molecule has 1 fully saturated rings. The molecule has 3 N–H and O–H groups in total. The van der Waals surface area contributed by atoms with Gasteiger partial charge in [-0.25, -0.2) is 0 Å². The van der Waals surface area contributed by atoms with E-state index in [1.165, 1.54) is 4.90 Å². The minimum atomic E-state index is -1.62. The van der Waals surface area contributed by atoms with Crippen molar-refractivity contribution in [2.45, 2.75) is 24.9 Å². The van der Waals surface area contributed by atoms with E-state index >= 15 is 0 Å². The first-order valence-corrected chi connectivity index (χ1v) is 6.84. The normalized spacial score (nSPS) is 22.6. The number of halogens is 1. The van der Waals surface area contributed by atoms with Crippen LogP contribution in [0.5, 0.6) is 0 Å². The smallest absolute Gasteiger partial charge is 0.251 e. The van der Waals surface area contributed by atoms with E-state index in [0.717, 1.165) is 5.56 Å². The lowest BCUT2D eigenvalue weighted by molar-refractivity contribution is -0.148. The van der Waals surface area contributed by atoms with Crippen LogP contribution in [0.2, 0.25) is 5.02 Å². The van der Waals surface area contributed by atoms with E-state index in [-0.39, 0.29) is 25.3 Å². The Labute approximate surface area is 122 Å². The summed E-state index contributed by atoms with van der Waals surface area (Å²) in [5.41, 5.74) is 4.30. The Morgan fingerprint density at radius 2 is 2.10 bits per heavy atom. The zero-order chi connectivity index (χ0) is 14.8. The summed E-state index contributed by atoms with van der Waals surface area (Å²) < 4.78 is 0. The number of rotatable bonds is 3. The molecule has 1 unspecified atom stereocenters. The first kappa shape index (κ1) is 14.8. The second-order valence-electron chi connectivity index (χ2n) is 5.08. The highest BCUT2D eigenvalue weighted by molar-refractivity contribution is 6.31. The topological polar surface area (TPSA) is 83.6 Å². The van der Waals surface area contributed by atoms with Crippen molar-refractivity contribution in [1.82, 2.24) is 4.90 Å². The maximum Gasteiger partial charge on any atom is 0.251 e. The molecule has 1 aliphatic rings. The number of benzene rings is 1. The van der Waals surface area contributed by atoms with Crippen LogP contribution in [0.3, 0.4) is 0 Å². The molecule has 0 aromatic heterocycles. The molecule has 0 bridgehead atoms. The van der Waals surface area contributed by atoms with E-state index < -0.39 is 11.5 Å². The molecule has 0 aliphatic carbocycles. The fraction of sp³-hybridized carbons (Fsp3) is 0.429. The molecule has 5 nitrogen and oxygen atoms in total. The second kappa shape index (κ2) is 5.81. The number of primary amides is 1. The molecule has 1 atom stereocenters. The quantitative estimate of drug-likeness (QED) is 0.862. The molecule has 1 saturated heterocycles. The third-order valence-electron chi connectivity index (χ3n) is 3.58. The van der Waals surface area contributed by atoms with Crippen LogP contribution in [0.15, 0.2) is 24.3 Å². The van der Waals surface area contributed by atoms with E-state index in [4.69, 9.17) is 17.3 Å². The number of nitrogens with two attached hydrogens (primary N) is 1. The first-order chi connectivity index (χ1) is 9.42. The van der Waals surface area contributed by atoms with Gasteiger partial charge in [0.2, 0.25) is 5.91 Å². The summed E-state index contributed by atoms with van der Waals surface area (Å²) in [6.45, 7) is 0.463. The molecule has 2 amide bonds. The van der Waals surface area contributed by atoms with Gasteiger partial charge in [-0.1, -0.05) is 29.8 Å². The highest BCUT2D eigenvalue weighted by Crippen LogP contribution is 2.22. The monoisotopic (exact) mass is 296 g/mol. The van der Waals surface area contributed by atoms with Gasteiger partial charge in [0.15, 0.2) is 5.60 Å². The van der Waals surface area contributed by atoms with Gasteiger partial charge in [0.25, 0.3) is 5.91 Å². The Kier molecular flexibility index (Phi) is 4.30. The summed E-state index contributed by atoms with van der Waals surface area (Å²) in [6.07, 6.45) is 0.987. The number of hydrogen-bond acceptors (Lipinski definition) is 3. The largest absolute Gasteiger partial charge is 0.378 e. The maximum absolute atomic E-state index is 12.2. The first-order valence-electron chi connectivity index (χ1n) is 6.46. The van der Waals surface area contributed by atoms with Crippen LogP contribution < -0.4 is 5.73 Å². The standard InChI is InChI=1S/C14H17ClN2O3/c15-11-5-2-1-4-10(11)8-12(18)17-7-3-6-14(20,9-17)13(16)19/h1-2,4-5,20H,3,6-9H2,(H2,16,19). The fourth-order valence-electron chi connectivity index (χ4n) is 2.37. The molecular weight excluding hydrogens is 280 g/mol. The van der Waals surface area contributed by atoms with Crippen LogP contribution in [-0.4, -0.2) is 40.5 Å². The summed E-state index contributed by atoms with van der Waals surface area (Å²) in [7, 11) is 0. The zero-order valence-corrected chi connectivity index (χ0v) is 11.8. The number of carbonyl (C=O) groups excluding carboxylic acids is 2. The Hall–Kier alpha value is -1.59. The molecule has 108 valence electrons. The highest BCUT2D eigenvalue weighted by atomic mass is 35.5. The van der Waals surface area contributed by atoms with E-state index in [2.05, 4.69) is 0 Å². The molecule has 6 heteroatoms. The summed E-state index contributed by atoms with van der Waals surface area (Å²) in [4.78, 5) is 25.0. The van der Waals surface area contributed by atoms with Crippen molar-refractivity contribution in [3.63, 3.8) is 0 Å².